The molecule has 3 heterocycles. The minimum atomic E-state index is -0.357. The Bertz CT molecular complexity index is 4620. The molecule has 0 saturated heterocycles. The van der Waals surface area contributed by atoms with Gasteiger partial charge in [-0.05, 0) is 227 Å². The van der Waals surface area contributed by atoms with Gasteiger partial charge < -0.3 is 14.6 Å². The van der Waals surface area contributed by atoms with Gasteiger partial charge in [-0.15, -0.1) is 11.3 Å². The third-order valence-corrected chi connectivity index (χ3v) is 24.2. The molecule has 462 valence electrons. The van der Waals surface area contributed by atoms with Crippen molar-refractivity contribution in [2.45, 2.75) is 207 Å². The van der Waals surface area contributed by atoms with E-state index in [1.165, 1.54) is 157 Å². The molecule has 2 aliphatic heterocycles. The third-order valence-electron chi connectivity index (χ3n) is 22.9. The van der Waals surface area contributed by atoms with Crippen LogP contribution in [0.4, 0.5) is 45.5 Å². The molecule has 91 heavy (non-hydrogen) atoms. The Hall–Kier alpha value is -7.34. The lowest BCUT2D eigenvalue weighted by Gasteiger charge is -2.48. The highest BCUT2D eigenvalue weighted by Gasteiger charge is 2.53. The summed E-state index contributed by atoms with van der Waals surface area (Å²) in [6.45, 7) is 48.2. The maximum atomic E-state index is 2.82. The normalized spacial score (nSPS) is 17.9. The first-order chi connectivity index (χ1) is 42.7. The Kier molecular flexibility index (Phi) is 12.9. The molecule has 5 heteroatoms. The molecular weight excluding hydrogens is 1120 g/mol. The summed E-state index contributed by atoms with van der Waals surface area (Å²) >= 11 is 1.98. The van der Waals surface area contributed by atoms with Crippen LogP contribution in [0.5, 0.6) is 0 Å². The lowest BCUT2D eigenvalue weighted by atomic mass is 9.41. The number of rotatable bonds is 5. The molecule has 0 atom stereocenters. The second-order valence-electron chi connectivity index (χ2n) is 34.4. The van der Waals surface area contributed by atoms with Gasteiger partial charge in [0, 0.05) is 82.2 Å². The molecule has 0 radical (unpaired) electrons. The topological polar surface area (TPSA) is 9.72 Å². The third kappa shape index (κ3) is 9.06. The molecule has 0 bridgehead atoms. The predicted octanol–water partition coefficient (Wildman–Crippen LogP) is 23.4. The van der Waals surface area contributed by atoms with Crippen LogP contribution in [0, 0.1) is 6.92 Å². The van der Waals surface area contributed by atoms with Crippen LogP contribution in [0.2, 0.25) is 0 Å². The van der Waals surface area contributed by atoms with Crippen LogP contribution in [0.1, 0.15) is 213 Å². The highest BCUT2D eigenvalue weighted by atomic mass is 32.1. The van der Waals surface area contributed by atoms with Crippen LogP contribution in [-0.4, -0.2) is 6.85 Å². The number of nitrogens with zero attached hydrogens (tertiary/aromatic N) is 3. The largest absolute Gasteiger partial charge is 0.376 e. The second kappa shape index (κ2) is 19.6. The standard InChI is InChI=1S/C86H94BN3S/c1-51-45-65-68(85(17,18)44-41-82(65,11)12)50-70(51)89-69-40-39-60-62-47-66-67(84(15,16)43-42-83(66,13)14)49-64(62)86(19,20)75(60)77(69)87-76-72(89)48-63-59-23-21-22-24-73(59)91-78(63)74(76)61-38-37-58(46-71(61)90(87)57-35-29-54(30-36-57)81(8,9)10)88(55-31-25-52(26-32-55)79(2,3)4)56-33-27-53(28-34-56)80(5,6)7/h21-40,45-50H,41-44H2,1-20H3. The summed E-state index contributed by atoms with van der Waals surface area (Å²) in [5.74, 6) is 0. The number of hydrogen-bond acceptors (Lipinski definition) is 4. The molecule has 3 nitrogen and oxygen atoms in total. The average molecular weight is 1210 g/mol. The molecule has 0 unspecified atom stereocenters. The van der Waals surface area contributed by atoms with Crippen LogP contribution < -0.4 is 25.5 Å². The van der Waals surface area contributed by atoms with Gasteiger partial charge in [-0.25, -0.2) is 0 Å². The summed E-state index contributed by atoms with van der Waals surface area (Å²) in [7, 11) is 0. The Morgan fingerprint density at radius 2 is 0.912 bits per heavy atom. The van der Waals surface area contributed by atoms with E-state index in [4.69, 9.17) is 0 Å². The fourth-order valence-electron chi connectivity index (χ4n) is 17.1. The lowest BCUT2D eigenvalue weighted by Crippen LogP contribution is -2.63. The molecule has 1 aromatic heterocycles. The van der Waals surface area contributed by atoms with Crippen molar-refractivity contribution in [3.05, 3.63) is 213 Å². The number of benzene rings is 9. The molecule has 0 fully saturated rings. The minimum absolute atomic E-state index is 0.00738. The number of thiophene rings is 1. The summed E-state index contributed by atoms with van der Waals surface area (Å²) in [5, 5.41) is 2.64. The van der Waals surface area contributed by atoms with Gasteiger partial charge in [-0.2, -0.15) is 0 Å². The van der Waals surface area contributed by atoms with Crippen molar-refractivity contribution < 1.29 is 0 Å². The molecule has 9 aromatic carbocycles. The van der Waals surface area contributed by atoms with Gasteiger partial charge in [0.15, 0.2) is 0 Å². The van der Waals surface area contributed by atoms with Crippen molar-refractivity contribution in [3.8, 4) is 22.3 Å². The van der Waals surface area contributed by atoms with Crippen LogP contribution in [0.25, 0.3) is 42.4 Å². The summed E-state index contributed by atoms with van der Waals surface area (Å²) < 4.78 is 2.68. The van der Waals surface area contributed by atoms with Crippen molar-refractivity contribution in [1.82, 2.24) is 0 Å². The zero-order valence-electron chi connectivity index (χ0n) is 58.2. The highest BCUT2D eigenvalue weighted by Crippen LogP contribution is 2.60. The van der Waals surface area contributed by atoms with Crippen LogP contribution in [-0.2, 0) is 43.3 Å². The summed E-state index contributed by atoms with van der Waals surface area (Å²) in [6, 6.07) is 63.6. The highest BCUT2D eigenvalue weighted by molar-refractivity contribution is 7.26. The first-order valence-corrected chi connectivity index (χ1v) is 34.8. The van der Waals surface area contributed by atoms with Gasteiger partial charge in [0.05, 0.1) is 0 Å². The number of hydrogen-bond donors (Lipinski definition) is 0. The van der Waals surface area contributed by atoms with E-state index in [-0.39, 0.29) is 50.2 Å². The Balaban J connectivity index is 1.09. The van der Waals surface area contributed by atoms with E-state index in [0.29, 0.717) is 0 Å². The van der Waals surface area contributed by atoms with E-state index in [1.54, 1.807) is 0 Å². The van der Waals surface area contributed by atoms with Crippen molar-refractivity contribution >= 4 is 94.8 Å². The van der Waals surface area contributed by atoms with E-state index < -0.39 is 0 Å². The molecule has 0 amide bonds. The van der Waals surface area contributed by atoms with Gasteiger partial charge in [0.2, 0.25) is 0 Å². The molecular formula is C86H94BN3S. The quantitative estimate of drug-likeness (QED) is 0.159. The maximum absolute atomic E-state index is 2.82. The van der Waals surface area contributed by atoms with Crippen molar-refractivity contribution in [2.75, 3.05) is 14.6 Å². The maximum Gasteiger partial charge on any atom is 0.333 e. The number of anilines is 8. The molecule has 15 rings (SSSR count). The lowest BCUT2D eigenvalue weighted by molar-refractivity contribution is 0.331. The van der Waals surface area contributed by atoms with Crippen LogP contribution >= 0.6 is 11.3 Å². The van der Waals surface area contributed by atoms with Crippen molar-refractivity contribution in [2.24, 2.45) is 0 Å². The van der Waals surface area contributed by atoms with Crippen molar-refractivity contribution in [1.29, 1.82) is 0 Å². The molecule has 3 aliphatic carbocycles. The first-order valence-electron chi connectivity index (χ1n) is 34.0. The monoisotopic (exact) mass is 1210 g/mol. The predicted molar refractivity (Wildman–Crippen MR) is 397 cm³/mol. The molecule has 5 aliphatic rings. The molecule has 0 saturated carbocycles. The SMILES string of the molecule is Cc1cc2c(cc1N1c3ccc4c(c3B3c5c1cc1c(sc6ccccc61)c5-c1ccc(N(c5ccc(C(C)(C)C)cc5)c5ccc(C(C)(C)C)cc5)cc1N3c1ccc(C(C)(C)C)cc1)C(C)(C)c1cc3c(cc1-4)C(C)(C)CCC3(C)C)C(C)(C)CCC2(C)C. The Morgan fingerprint density at radius 1 is 0.418 bits per heavy atom. The van der Waals surface area contributed by atoms with Crippen LogP contribution in [0.15, 0.2) is 158 Å². The number of aryl methyl sites for hydroxylation is 1. The molecule has 10 aromatic rings. The van der Waals surface area contributed by atoms with E-state index >= 15 is 0 Å². The van der Waals surface area contributed by atoms with E-state index in [9.17, 15) is 0 Å². The average Bonchev–Trinajstić information content (AvgIpc) is 1.65. The fraction of sp³-hybridized carbons (Fsp3) is 0.372. The van der Waals surface area contributed by atoms with Gasteiger partial charge >= 0.3 is 6.85 Å². The van der Waals surface area contributed by atoms with E-state index in [1.807, 2.05) is 11.3 Å². The van der Waals surface area contributed by atoms with Gasteiger partial charge in [0.25, 0.3) is 0 Å². The van der Waals surface area contributed by atoms with Gasteiger partial charge in [0.1, 0.15) is 0 Å². The van der Waals surface area contributed by atoms with Crippen LogP contribution in [0.3, 0.4) is 0 Å². The minimum Gasteiger partial charge on any atom is -0.376 e. The van der Waals surface area contributed by atoms with E-state index in [2.05, 4.69) is 311 Å². The van der Waals surface area contributed by atoms with Gasteiger partial charge in [-0.1, -0.05) is 210 Å². The first kappa shape index (κ1) is 59.9. The second-order valence-corrected chi connectivity index (χ2v) is 35.5. The summed E-state index contributed by atoms with van der Waals surface area (Å²) in [4.78, 5) is 8.12. The summed E-state index contributed by atoms with van der Waals surface area (Å²) in [6.07, 6.45) is 4.68. The van der Waals surface area contributed by atoms with E-state index in [0.717, 1.165) is 23.5 Å². The summed E-state index contributed by atoms with van der Waals surface area (Å²) in [5.41, 5.74) is 31.9. The van der Waals surface area contributed by atoms with Gasteiger partial charge in [-0.3, -0.25) is 0 Å². The molecule has 0 N–H and O–H groups in total. The number of fused-ring (bicyclic) bond motifs is 14. The zero-order chi connectivity index (χ0) is 64.4. The fourth-order valence-corrected chi connectivity index (χ4v) is 18.3. The zero-order valence-corrected chi connectivity index (χ0v) is 59.0. The van der Waals surface area contributed by atoms with Crippen molar-refractivity contribution in [3.63, 3.8) is 0 Å². The Morgan fingerprint density at radius 3 is 1.47 bits per heavy atom. The smallest absolute Gasteiger partial charge is 0.333 e. The Labute approximate surface area is 549 Å². The molecule has 0 spiro atoms.